The number of anilines is 1. The molecule has 3 rings (SSSR count). The van der Waals surface area contributed by atoms with Gasteiger partial charge in [0.2, 0.25) is 0 Å². The predicted octanol–water partition coefficient (Wildman–Crippen LogP) is 3.32. The van der Waals surface area contributed by atoms with Crippen LogP contribution < -0.4 is 4.90 Å². The lowest BCUT2D eigenvalue weighted by molar-refractivity contribution is 0.273. The van der Waals surface area contributed by atoms with Gasteiger partial charge in [0, 0.05) is 36.4 Å². The fourth-order valence-corrected chi connectivity index (χ4v) is 3.53. The zero-order chi connectivity index (χ0) is 12.5. The molecular weight excluding hydrogens is 244 g/mol. The summed E-state index contributed by atoms with van der Waals surface area (Å²) >= 11 is 6.25. The lowest BCUT2D eigenvalue weighted by Gasteiger charge is -2.28. The second-order valence-corrected chi connectivity index (χ2v) is 5.92. The monoisotopic (exact) mass is 264 g/mol. The Morgan fingerprint density at radius 1 is 1.17 bits per heavy atom. The third-order valence-electron chi connectivity index (χ3n) is 4.38. The first kappa shape index (κ1) is 12.3. The highest BCUT2D eigenvalue weighted by atomic mass is 35.5. The van der Waals surface area contributed by atoms with Crippen LogP contribution in [-0.2, 0) is 0 Å². The van der Waals surface area contributed by atoms with E-state index in [9.17, 15) is 0 Å². The van der Waals surface area contributed by atoms with E-state index in [0.717, 1.165) is 17.6 Å². The predicted molar refractivity (Wildman–Crippen MR) is 77.6 cm³/mol. The van der Waals surface area contributed by atoms with Gasteiger partial charge in [0.1, 0.15) is 0 Å². The summed E-state index contributed by atoms with van der Waals surface area (Å²) < 4.78 is 0. The highest BCUT2D eigenvalue weighted by molar-refractivity contribution is 6.31. The van der Waals surface area contributed by atoms with E-state index in [1.807, 2.05) is 6.07 Å². The smallest absolute Gasteiger partial charge is 0.0455 e. The zero-order valence-corrected chi connectivity index (χ0v) is 11.8. The molecule has 2 aliphatic heterocycles. The van der Waals surface area contributed by atoms with Crippen LogP contribution in [0.1, 0.15) is 24.8 Å². The van der Waals surface area contributed by atoms with Gasteiger partial charge in [-0.15, -0.1) is 0 Å². The highest BCUT2D eigenvalue weighted by Crippen LogP contribution is 2.30. The number of hydrogen-bond acceptors (Lipinski definition) is 2. The minimum Gasteiger partial charge on any atom is -0.370 e. The van der Waals surface area contributed by atoms with Crippen LogP contribution in [0, 0.1) is 6.92 Å². The maximum Gasteiger partial charge on any atom is 0.0455 e. The Balaban J connectivity index is 1.85. The Labute approximate surface area is 115 Å². The first-order valence-electron chi connectivity index (χ1n) is 7.00. The molecule has 98 valence electrons. The molecule has 1 unspecified atom stereocenters. The Morgan fingerprint density at radius 2 is 2.00 bits per heavy atom. The van der Waals surface area contributed by atoms with Crippen LogP contribution in [0.15, 0.2) is 18.2 Å². The van der Waals surface area contributed by atoms with Crippen molar-refractivity contribution in [2.45, 2.75) is 32.2 Å². The van der Waals surface area contributed by atoms with Crippen LogP contribution in [0.25, 0.3) is 0 Å². The number of fused-ring (bicyclic) bond motifs is 1. The summed E-state index contributed by atoms with van der Waals surface area (Å²) in [6, 6.07) is 7.03. The second-order valence-electron chi connectivity index (χ2n) is 5.52. The van der Waals surface area contributed by atoms with Crippen molar-refractivity contribution in [2.75, 3.05) is 31.1 Å². The molecule has 0 radical (unpaired) electrons. The third-order valence-corrected chi connectivity index (χ3v) is 4.79. The molecule has 2 aliphatic rings. The van der Waals surface area contributed by atoms with E-state index in [4.69, 9.17) is 11.6 Å². The fraction of sp³-hybridized carbons (Fsp3) is 0.600. The SMILES string of the molecule is Cc1c(Cl)cccc1N1CCCN2CCCC2C1. The van der Waals surface area contributed by atoms with E-state index in [-0.39, 0.29) is 0 Å². The van der Waals surface area contributed by atoms with Crippen LogP contribution in [0.5, 0.6) is 0 Å². The van der Waals surface area contributed by atoms with Gasteiger partial charge in [-0.05, 0) is 50.4 Å². The summed E-state index contributed by atoms with van der Waals surface area (Å²) in [7, 11) is 0. The van der Waals surface area contributed by atoms with E-state index in [1.165, 1.54) is 50.1 Å². The van der Waals surface area contributed by atoms with E-state index in [2.05, 4.69) is 28.9 Å². The normalized spacial score (nSPS) is 25.0. The van der Waals surface area contributed by atoms with Gasteiger partial charge in [-0.3, -0.25) is 4.90 Å². The van der Waals surface area contributed by atoms with Gasteiger partial charge in [-0.25, -0.2) is 0 Å². The van der Waals surface area contributed by atoms with Gasteiger partial charge in [0.15, 0.2) is 0 Å². The summed E-state index contributed by atoms with van der Waals surface area (Å²) in [5, 5.41) is 0.889. The highest BCUT2D eigenvalue weighted by Gasteiger charge is 2.29. The molecule has 1 aromatic rings. The quantitative estimate of drug-likeness (QED) is 0.768. The van der Waals surface area contributed by atoms with E-state index in [1.54, 1.807) is 0 Å². The van der Waals surface area contributed by atoms with Crippen molar-refractivity contribution in [3.63, 3.8) is 0 Å². The molecule has 0 bridgehead atoms. The number of nitrogens with zero attached hydrogens (tertiary/aromatic N) is 2. The average molecular weight is 265 g/mol. The number of hydrogen-bond donors (Lipinski definition) is 0. The van der Waals surface area contributed by atoms with Crippen molar-refractivity contribution in [1.29, 1.82) is 0 Å². The maximum atomic E-state index is 6.25. The van der Waals surface area contributed by atoms with Crippen LogP contribution in [0.3, 0.4) is 0 Å². The Kier molecular flexibility index (Phi) is 3.49. The first-order valence-corrected chi connectivity index (χ1v) is 7.37. The molecule has 2 fully saturated rings. The van der Waals surface area contributed by atoms with E-state index < -0.39 is 0 Å². The van der Waals surface area contributed by atoms with Crippen molar-refractivity contribution < 1.29 is 0 Å². The molecule has 1 aromatic carbocycles. The molecule has 0 amide bonds. The molecule has 0 saturated carbocycles. The third kappa shape index (κ3) is 2.24. The summed E-state index contributed by atoms with van der Waals surface area (Å²) in [5.74, 6) is 0. The molecular formula is C15H21ClN2. The van der Waals surface area contributed by atoms with Gasteiger partial charge < -0.3 is 4.90 Å². The summed E-state index contributed by atoms with van der Waals surface area (Å²) in [5.41, 5.74) is 2.56. The lowest BCUT2D eigenvalue weighted by atomic mass is 10.1. The minimum atomic E-state index is 0.755. The van der Waals surface area contributed by atoms with E-state index in [0.29, 0.717) is 0 Å². The largest absolute Gasteiger partial charge is 0.370 e. The van der Waals surface area contributed by atoms with Crippen LogP contribution in [0.4, 0.5) is 5.69 Å². The van der Waals surface area contributed by atoms with Crippen molar-refractivity contribution in [2.24, 2.45) is 0 Å². The molecule has 2 saturated heterocycles. The molecule has 0 aliphatic carbocycles. The van der Waals surface area contributed by atoms with Crippen molar-refractivity contribution >= 4 is 17.3 Å². The molecule has 2 nitrogen and oxygen atoms in total. The van der Waals surface area contributed by atoms with Crippen molar-refractivity contribution in [1.82, 2.24) is 4.90 Å². The van der Waals surface area contributed by atoms with Crippen LogP contribution >= 0.6 is 11.6 Å². The van der Waals surface area contributed by atoms with Crippen LogP contribution in [-0.4, -0.2) is 37.1 Å². The van der Waals surface area contributed by atoms with Gasteiger partial charge in [-0.1, -0.05) is 17.7 Å². The summed E-state index contributed by atoms with van der Waals surface area (Å²) in [6.45, 7) is 7.03. The van der Waals surface area contributed by atoms with Crippen molar-refractivity contribution in [3.8, 4) is 0 Å². The Morgan fingerprint density at radius 3 is 2.89 bits per heavy atom. The van der Waals surface area contributed by atoms with Gasteiger partial charge in [-0.2, -0.15) is 0 Å². The Bertz CT molecular complexity index is 433. The van der Waals surface area contributed by atoms with Crippen LogP contribution in [0.2, 0.25) is 5.02 Å². The molecule has 2 heterocycles. The average Bonchev–Trinajstić information content (AvgIpc) is 2.70. The van der Waals surface area contributed by atoms with E-state index >= 15 is 0 Å². The van der Waals surface area contributed by atoms with Gasteiger partial charge in [0.05, 0.1) is 0 Å². The molecule has 3 heteroatoms. The summed E-state index contributed by atoms with van der Waals surface area (Å²) in [4.78, 5) is 5.21. The number of rotatable bonds is 1. The van der Waals surface area contributed by atoms with Gasteiger partial charge in [0.25, 0.3) is 0 Å². The topological polar surface area (TPSA) is 6.48 Å². The minimum absolute atomic E-state index is 0.755. The lowest BCUT2D eigenvalue weighted by Crippen LogP contribution is -2.36. The standard InChI is InChI=1S/C15H21ClN2/c1-12-14(16)6-2-7-15(12)18-10-4-9-17-8-3-5-13(17)11-18/h2,6-7,13H,3-5,8-11H2,1H3. The number of benzene rings is 1. The first-order chi connectivity index (χ1) is 8.75. The fourth-order valence-electron chi connectivity index (χ4n) is 3.36. The Hall–Kier alpha value is -0.730. The van der Waals surface area contributed by atoms with Gasteiger partial charge >= 0.3 is 0 Å². The summed E-state index contributed by atoms with van der Waals surface area (Å²) in [6.07, 6.45) is 3.99. The molecule has 0 aromatic heterocycles. The molecule has 18 heavy (non-hydrogen) atoms. The maximum absolute atomic E-state index is 6.25. The zero-order valence-electron chi connectivity index (χ0n) is 11.0. The molecule has 0 spiro atoms. The van der Waals surface area contributed by atoms with Crippen molar-refractivity contribution in [3.05, 3.63) is 28.8 Å². The molecule has 1 atom stereocenters. The second kappa shape index (κ2) is 5.10. The number of halogens is 1. The molecule has 0 N–H and O–H groups in total.